The van der Waals surface area contributed by atoms with E-state index >= 15 is 0 Å². The molecule has 3 nitrogen and oxygen atoms in total. The van der Waals surface area contributed by atoms with Gasteiger partial charge in [0.15, 0.2) is 4.80 Å². The Morgan fingerprint density at radius 1 is 1.22 bits per heavy atom. The molecule has 0 radical (unpaired) electrons. The first kappa shape index (κ1) is 16.2. The van der Waals surface area contributed by atoms with E-state index in [0.29, 0.717) is 20.4 Å². The number of aryl methyl sites for hydroxylation is 1. The molecule has 0 saturated carbocycles. The van der Waals surface area contributed by atoms with Gasteiger partial charge in [0.25, 0.3) is 5.91 Å². The average Bonchev–Trinajstić information content (AvgIpc) is 2.82. The summed E-state index contributed by atoms with van der Waals surface area (Å²) in [6.45, 7) is 0. The highest BCUT2D eigenvalue weighted by Gasteiger charge is 2.11. The van der Waals surface area contributed by atoms with Gasteiger partial charge in [-0.15, -0.1) is 0 Å². The highest BCUT2D eigenvalue weighted by atomic mass is 35.5. The molecule has 7 heteroatoms. The van der Waals surface area contributed by atoms with Crippen LogP contribution in [-0.4, -0.2) is 10.5 Å². The molecule has 0 spiro atoms. The molecule has 0 fully saturated rings. The Morgan fingerprint density at radius 2 is 1.91 bits per heavy atom. The first-order chi connectivity index (χ1) is 11.0. The third-order valence-electron chi connectivity index (χ3n) is 3.34. The SMILES string of the molecule is Cn1c(=NC(=O)Cc2ccc(F)cc2)sc2ccc(Cl)c(Cl)c21. The van der Waals surface area contributed by atoms with Crippen molar-refractivity contribution in [1.82, 2.24) is 4.57 Å². The fraction of sp³-hybridized carbons (Fsp3) is 0.125. The molecular formula is C16H11Cl2FN2OS. The number of hydrogen-bond acceptors (Lipinski definition) is 2. The summed E-state index contributed by atoms with van der Waals surface area (Å²) in [6, 6.07) is 9.35. The van der Waals surface area contributed by atoms with Gasteiger partial charge in [-0.2, -0.15) is 4.99 Å². The standard InChI is InChI=1S/C16H11Cl2FN2OS/c1-21-15-12(7-6-11(17)14(15)18)23-16(21)20-13(22)8-9-2-4-10(19)5-3-9/h2-7H,8H2,1H3. The molecular weight excluding hydrogens is 358 g/mol. The monoisotopic (exact) mass is 368 g/mol. The van der Waals surface area contributed by atoms with Crippen LogP contribution in [-0.2, 0) is 18.3 Å². The van der Waals surface area contributed by atoms with Crippen molar-refractivity contribution in [2.75, 3.05) is 0 Å². The molecule has 3 aromatic rings. The van der Waals surface area contributed by atoms with E-state index in [1.165, 1.54) is 23.5 Å². The summed E-state index contributed by atoms with van der Waals surface area (Å²) in [7, 11) is 1.78. The van der Waals surface area contributed by atoms with E-state index in [2.05, 4.69) is 4.99 Å². The predicted octanol–water partition coefficient (Wildman–Crippen LogP) is 4.36. The minimum absolute atomic E-state index is 0.114. The van der Waals surface area contributed by atoms with Gasteiger partial charge in [0.1, 0.15) is 5.82 Å². The third-order valence-corrected chi connectivity index (χ3v) is 5.24. The number of thiazole rings is 1. The Morgan fingerprint density at radius 3 is 2.61 bits per heavy atom. The maximum Gasteiger partial charge on any atom is 0.252 e. The first-order valence-corrected chi connectivity index (χ1v) is 8.28. The lowest BCUT2D eigenvalue weighted by atomic mass is 10.1. The normalized spacial score (nSPS) is 12.1. The van der Waals surface area contributed by atoms with E-state index in [4.69, 9.17) is 23.2 Å². The number of carbonyl (C=O) groups excluding carboxylic acids is 1. The number of rotatable bonds is 2. The summed E-state index contributed by atoms with van der Waals surface area (Å²) in [5.74, 6) is -0.637. The molecule has 2 aromatic carbocycles. The zero-order valence-corrected chi connectivity index (χ0v) is 14.3. The van der Waals surface area contributed by atoms with Crippen LogP contribution in [0, 0.1) is 5.82 Å². The van der Waals surface area contributed by atoms with Crippen LogP contribution in [0.3, 0.4) is 0 Å². The molecule has 1 amide bonds. The van der Waals surface area contributed by atoms with E-state index in [9.17, 15) is 9.18 Å². The van der Waals surface area contributed by atoms with Crippen molar-refractivity contribution in [3.63, 3.8) is 0 Å². The minimum atomic E-state index is -0.333. The lowest BCUT2D eigenvalue weighted by molar-refractivity contribution is -0.117. The van der Waals surface area contributed by atoms with E-state index in [1.807, 2.05) is 6.07 Å². The van der Waals surface area contributed by atoms with E-state index in [-0.39, 0.29) is 18.1 Å². The second kappa shape index (κ2) is 6.43. The van der Waals surface area contributed by atoms with Crippen LogP contribution >= 0.6 is 34.5 Å². The maximum absolute atomic E-state index is 12.9. The van der Waals surface area contributed by atoms with Crippen molar-refractivity contribution in [1.29, 1.82) is 0 Å². The molecule has 3 rings (SSSR count). The summed E-state index contributed by atoms with van der Waals surface area (Å²) >= 11 is 13.6. The van der Waals surface area contributed by atoms with Crippen molar-refractivity contribution >= 4 is 50.7 Å². The molecule has 0 aliphatic heterocycles. The molecule has 0 unspecified atom stereocenters. The largest absolute Gasteiger partial charge is 0.318 e. The minimum Gasteiger partial charge on any atom is -0.318 e. The van der Waals surface area contributed by atoms with Crippen LogP contribution in [0.1, 0.15) is 5.56 Å². The Hall–Kier alpha value is -1.69. The lowest BCUT2D eigenvalue weighted by Crippen LogP contribution is -2.14. The topological polar surface area (TPSA) is 34.4 Å². The maximum atomic E-state index is 12.9. The number of fused-ring (bicyclic) bond motifs is 1. The number of nitrogens with zero attached hydrogens (tertiary/aromatic N) is 2. The molecule has 1 heterocycles. The number of benzene rings is 2. The lowest BCUT2D eigenvalue weighted by Gasteiger charge is -2.00. The van der Waals surface area contributed by atoms with Gasteiger partial charge in [-0.1, -0.05) is 46.7 Å². The van der Waals surface area contributed by atoms with Gasteiger partial charge in [-0.3, -0.25) is 4.79 Å². The quantitative estimate of drug-likeness (QED) is 0.661. The van der Waals surface area contributed by atoms with Gasteiger partial charge in [-0.25, -0.2) is 4.39 Å². The highest BCUT2D eigenvalue weighted by molar-refractivity contribution is 7.16. The van der Waals surface area contributed by atoms with Gasteiger partial charge in [0, 0.05) is 7.05 Å². The molecule has 0 atom stereocenters. The summed E-state index contributed by atoms with van der Waals surface area (Å²) in [5.41, 5.74) is 1.46. The van der Waals surface area contributed by atoms with Crippen LogP contribution in [0.5, 0.6) is 0 Å². The molecule has 0 saturated heterocycles. The number of amides is 1. The molecule has 0 aliphatic rings. The van der Waals surface area contributed by atoms with E-state index < -0.39 is 0 Å². The van der Waals surface area contributed by atoms with Crippen molar-refractivity contribution in [2.24, 2.45) is 12.0 Å². The Labute approximate surface area is 145 Å². The van der Waals surface area contributed by atoms with Gasteiger partial charge in [0.05, 0.1) is 26.7 Å². The first-order valence-electron chi connectivity index (χ1n) is 6.71. The van der Waals surface area contributed by atoms with Crippen LogP contribution in [0.15, 0.2) is 41.4 Å². The zero-order valence-electron chi connectivity index (χ0n) is 12.0. The van der Waals surface area contributed by atoms with Crippen LogP contribution in [0.4, 0.5) is 4.39 Å². The summed E-state index contributed by atoms with van der Waals surface area (Å²) in [4.78, 5) is 16.8. The average molecular weight is 369 g/mol. The fourth-order valence-electron chi connectivity index (χ4n) is 2.20. The van der Waals surface area contributed by atoms with Crippen LogP contribution < -0.4 is 4.80 Å². The van der Waals surface area contributed by atoms with Gasteiger partial charge >= 0.3 is 0 Å². The van der Waals surface area contributed by atoms with Crippen molar-refractivity contribution in [3.8, 4) is 0 Å². The Balaban J connectivity index is 1.97. The third kappa shape index (κ3) is 3.32. The molecule has 1 aromatic heterocycles. The second-order valence-electron chi connectivity index (χ2n) is 4.96. The van der Waals surface area contributed by atoms with Crippen molar-refractivity contribution < 1.29 is 9.18 Å². The molecule has 118 valence electrons. The van der Waals surface area contributed by atoms with E-state index in [1.54, 1.807) is 29.8 Å². The molecule has 0 aliphatic carbocycles. The van der Waals surface area contributed by atoms with Crippen molar-refractivity contribution in [2.45, 2.75) is 6.42 Å². The van der Waals surface area contributed by atoms with Crippen LogP contribution in [0.2, 0.25) is 10.0 Å². The summed E-state index contributed by atoms with van der Waals surface area (Å²) in [5, 5.41) is 0.895. The summed E-state index contributed by atoms with van der Waals surface area (Å²) < 4.78 is 15.5. The van der Waals surface area contributed by atoms with Gasteiger partial charge in [0.2, 0.25) is 0 Å². The van der Waals surface area contributed by atoms with Gasteiger partial charge < -0.3 is 4.57 Å². The Kier molecular flexibility index (Phi) is 4.53. The van der Waals surface area contributed by atoms with Crippen molar-refractivity contribution in [3.05, 3.63) is 62.6 Å². The van der Waals surface area contributed by atoms with Gasteiger partial charge in [-0.05, 0) is 29.8 Å². The Bertz CT molecular complexity index is 961. The van der Waals surface area contributed by atoms with E-state index in [0.717, 1.165) is 10.2 Å². The fourth-order valence-corrected chi connectivity index (χ4v) is 3.74. The number of carbonyl (C=O) groups is 1. The number of hydrogen-bond donors (Lipinski definition) is 0. The predicted molar refractivity (Wildman–Crippen MR) is 91.5 cm³/mol. The summed E-state index contributed by atoms with van der Waals surface area (Å²) in [6.07, 6.45) is 0.114. The van der Waals surface area contributed by atoms with Crippen LogP contribution in [0.25, 0.3) is 10.2 Å². The molecule has 0 bridgehead atoms. The number of aromatic nitrogens is 1. The second-order valence-corrected chi connectivity index (χ2v) is 6.75. The molecule has 0 N–H and O–H groups in total. The highest BCUT2D eigenvalue weighted by Crippen LogP contribution is 2.31. The molecule has 23 heavy (non-hydrogen) atoms. The zero-order chi connectivity index (χ0) is 16.6. The number of halogens is 3. The smallest absolute Gasteiger partial charge is 0.252 e.